The monoisotopic (exact) mass is 272 g/mol. The van der Waals surface area contributed by atoms with Crippen LogP contribution < -0.4 is 0 Å². The fourth-order valence-electron chi connectivity index (χ4n) is 1.71. The summed E-state index contributed by atoms with van der Waals surface area (Å²) in [5.41, 5.74) is 1.53. The number of benzene rings is 2. The fraction of sp³-hybridized carbons (Fsp3) is 0.0714. The molecule has 0 aromatic heterocycles. The molecule has 0 atom stereocenters. The van der Waals surface area contributed by atoms with Gasteiger partial charge in [-0.1, -0.05) is 6.07 Å². The number of nitro benzene ring substituents is 1. The number of rotatable bonds is 3. The minimum Gasteiger partial charge on any atom is -0.504 e. The largest absolute Gasteiger partial charge is 0.504 e. The number of hydrogen-bond acceptors (Lipinski definition) is 5. The van der Waals surface area contributed by atoms with Gasteiger partial charge in [-0.2, -0.15) is 0 Å². The summed E-state index contributed by atoms with van der Waals surface area (Å²) in [7, 11) is 0. The van der Waals surface area contributed by atoms with Gasteiger partial charge in [-0.3, -0.25) is 15.1 Å². The highest BCUT2D eigenvalue weighted by Gasteiger charge is 2.12. The zero-order valence-electron chi connectivity index (χ0n) is 10.6. The van der Waals surface area contributed by atoms with Crippen LogP contribution in [0.15, 0.2) is 41.4 Å². The van der Waals surface area contributed by atoms with Crippen LogP contribution >= 0.6 is 0 Å². The normalized spacial score (nSPS) is 10.8. The van der Waals surface area contributed by atoms with Crippen molar-refractivity contribution < 1.29 is 15.1 Å². The maximum Gasteiger partial charge on any atom is 0.274 e. The zero-order chi connectivity index (χ0) is 14.7. The van der Waals surface area contributed by atoms with Crippen LogP contribution in [0.3, 0.4) is 0 Å². The molecule has 102 valence electrons. The molecule has 20 heavy (non-hydrogen) atoms. The summed E-state index contributed by atoms with van der Waals surface area (Å²) in [4.78, 5) is 14.5. The van der Waals surface area contributed by atoms with Gasteiger partial charge < -0.3 is 10.2 Å². The molecule has 2 rings (SSSR count). The van der Waals surface area contributed by atoms with Crippen LogP contribution in [0.1, 0.15) is 11.1 Å². The molecule has 2 N–H and O–H groups in total. The van der Waals surface area contributed by atoms with Gasteiger partial charge in [0.05, 0.1) is 16.2 Å². The molecule has 0 amide bonds. The minimum atomic E-state index is -0.458. The van der Waals surface area contributed by atoms with E-state index in [0.29, 0.717) is 16.8 Å². The SMILES string of the molecule is Cc1c(N=Cc2ccc(O)c(O)c2)cccc1[N+](=O)[O-]. The molecule has 6 nitrogen and oxygen atoms in total. The second-order valence-corrected chi connectivity index (χ2v) is 4.18. The summed E-state index contributed by atoms with van der Waals surface area (Å²) < 4.78 is 0. The van der Waals surface area contributed by atoms with Crippen molar-refractivity contribution >= 4 is 17.6 Å². The molecule has 0 aliphatic heterocycles. The number of phenolic OH excluding ortho intramolecular Hbond substituents is 2. The maximum absolute atomic E-state index is 10.8. The van der Waals surface area contributed by atoms with E-state index in [9.17, 15) is 20.3 Å². The molecule has 0 aliphatic carbocycles. The average molecular weight is 272 g/mol. The molecule has 0 bridgehead atoms. The number of nitro groups is 1. The van der Waals surface area contributed by atoms with Crippen molar-refractivity contribution in [2.24, 2.45) is 4.99 Å². The van der Waals surface area contributed by atoms with Gasteiger partial charge in [0.15, 0.2) is 11.5 Å². The van der Waals surface area contributed by atoms with Crippen LogP contribution in [0, 0.1) is 17.0 Å². The average Bonchev–Trinajstić information content (AvgIpc) is 2.41. The Bertz CT molecular complexity index is 696. The Kier molecular flexibility index (Phi) is 3.65. The van der Waals surface area contributed by atoms with Gasteiger partial charge in [0.25, 0.3) is 5.69 Å². The van der Waals surface area contributed by atoms with Crippen LogP contribution in [0.5, 0.6) is 11.5 Å². The summed E-state index contributed by atoms with van der Waals surface area (Å²) in [6, 6.07) is 8.92. The zero-order valence-corrected chi connectivity index (χ0v) is 10.6. The van der Waals surface area contributed by atoms with Crippen LogP contribution in [0.2, 0.25) is 0 Å². The molecule has 0 radical (unpaired) electrons. The van der Waals surface area contributed by atoms with Gasteiger partial charge in [-0.15, -0.1) is 0 Å². The molecule has 0 heterocycles. The van der Waals surface area contributed by atoms with E-state index in [0.717, 1.165) is 0 Å². The van der Waals surface area contributed by atoms with E-state index in [4.69, 9.17) is 0 Å². The molecule has 6 heteroatoms. The lowest BCUT2D eigenvalue weighted by atomic mass is 10.1. The van der Waals surface area contributed by atoms with E-state index in [-0.39, 0.29) is 17.2 Å². The summed E-state index contributed by atoms with van der Waals surface area (Å²) >= 11 is 0. The number of nitrogens with zero attached hydrogens (tertiary/aromatic N) is 2. The van der Waals surface area contributed by atoms with E-state index < -0.39 is 4.92 Å². The van der Waals surface area contributed by atoms with E-state index in [2.05, 4.69) is 4.99 Å². The van der Waals surface area contributed by atoms with Gasteiger partial charge in [-0.05, 0) is 36.8 Å². The highest BCUT2D eigenvalue weighted by atomic mass is 16.6. The Morgan fingerprint density at radius 2 is 1.95 bits per heavy atom. The van der Waals surface area contributed by atoms with Crippen LogP contribution in [0.4, 0.5) is 11.4 Å². The molecule has 0 saturated heterocycles. The number of hydrogen-bond donors (Lipinski definition) is 2. The Morgan fingerprint density at radius 1 is 1.20 bits per heavy atom. The van der Waals surface area contributed by atoms with E-state index >= 15 is 0 Å². The third-order valence-corrected chi connectivity index (χ3v) is 2.83. The van der Waals surface area contributed by atoms with Crippen molar-refractivity contribution in [2.45, 2.75) is 6.92 Å². The molecule has 0 fully saturated rings. The van der Waals surface area contributed by atoms with Crippen molar-refractivity contribution in [3.05, 3.63) is 57.6 Å². The topological polar surface area (TPSA) is 96.0 Å². The van der Waals surface area contributed by atoms with Crippen molar-refractivity contribution in [1.29, 1.82) is 0 Å². The van der Waals surface area contributed by atoms with E-state index in [1.165, 1.54) is 24.4 Å². The maximum atomic E-state index is 10.8. The predicted octanol–water partition coefficient (Wildman–Crippen LogP) is 3.07. The minimum absolute atomic E-state index is 0.00760. The Morgan fingerprint density at radius 3 is 2.60 bits per heavy atom. The van der Waals surface area contributed by atoms with Crippen LogP contribution in [0.25, 0.3) is 0 Å². The Balaban J connectivity index is 2.34. The molecular weight excluding hydrogens is 260 g/mol. The lowest BCUT2D eigenvalue weighted by molar-refractivity contribution is -0.385. The second kappa shape index (κ2) is 5.40. The summed E-state index contributed by atoms with van der Waals surface area (Å²) in [6.07, 6.45) is 1.46. The first-order valence-electron chi connectivity index (χ1n) is 5.79. The summed E-state index contributed by atoms with van der Waals surface area (Å²) in [6.45, 7) is 1.62. The Hall–Kier alpha value is -2.89. The third kappa shape index (κ3) is 2.74. The van der Waals surface area contributed by atoms with Crippen molar-refractivity contribution in [3.63, 3.8) is 0 Å². The third-order valence-electron chi connectivity index (χ3n) is 2.83. The molecular formula is C14H12N2O4. The quantitative estimate of drug-likeness (QED) is 0.388. The number of aliphatic imine (C=N–C) groups is 1. The lowest BCUT2D eigenvalue weighted by Gasteiger charge is -2.01. The second-order valence-electron chi connectivity index (χ2n) is 4.18. The van der Waals surface area contributed by atoms with Gasteiger partial charge in [0.2, 0.25) is 0 Å². The standard InChI is InChI=1S/C14H12N2O4/c1-9-11(3-2-4-12(9)16(19)20)15-8-10-5-6-13(17)14(18)7-10/h2-8,17-18H,1H3. The number of aromatic hydroxyl groups is 2. The predicted molar refractivity (Wildman–Crippen MR) is 74.9 cm³/mol. The molecule has 0 aliphatic rings. The van der Waals surface area contributed by atoms with Crippen molar-refractivity contribution in [3.8, 4) is 11.5 Å². The highest BCUT2D eigenvalue weighted by Crippen LogP contribution is 2.28. The first kappa shape index (κ1) is 13.5. The first-order valence-corrected chi connectivity index (χ1v) is 5.79. The highest BCUT2D eigenvalue weighted by molar-refractivity contribution is 5.83. The van der Waals surface area contributed by atoms with E-state index in [1.807, 2.05) is 0 Å². The molecule has 0 spiro atoms. The van der Waals surface area contributed by atoms with Gasteiger partial charge in [0, 0.05) is 12.3 Å². The van der Waals surface area contributed by atoms with Crippen molar-refractivity contribution in [1.82, 2.24) is 0 Å². The smallest absolute Gasteiger partial charge is 0.274 e. The molecule has 0 saturated carbocycles. The first-order chi connectivity index (χ1) is 9.49. The number of phenols is 2. The van der Waals surface area contributed by atoms with Crippen LogP contribution in [-0.2, 0) is 0 Å². The molecule has 0 unspecified atom stereocenters. The van der Waals surface area contributed by atoms with E-state index in [1.54, 1.807) is 25.1 Å². The van der Waals surface area contributed by atoms with Gasteiger partial charge in [0.1, 0.15) is 0 Å². The summed E-state index contributed by atoms with van der Waals surface area (Å²) in [5.74, 6) is -0.460. The van der Waals surface area contributed by atoms with Crippen molar-refractivity contribution in [2.75, 3.05) is 0 Å². The van der Waals surface area contributed by atoms with Gasteiger partial charge >= 0.3 is 0 Å². The lowest BCUT2D eigenvalue weighted by Crippen LogP contribution is -1.91. The fourth-order valence-corrected chi connectivity index (χ4v) is 1.71. The Labute approximate surface area is 114 Å². The molecule has 2 aromatic rings. The summed E-state index contributed by atoms with van der Waals surface area (Å²) in [5, 5.41) is 29.4. The van der Waals surface area contributed by atoms with Crippen LogP contribution in [-0.4, -0.2) is 21.4 Å². The molecule has 2 aromatic carbocycles. The van der Waals surface area contributed by atoms with Gasteiger partial charge in [-0.25, -0.2) is 0 Å².